The molecule has 5 nitrogen and oxygen atoms in total. The van der Waals surface area contributed by atoms with Gasteiger partial charge in [0, 0.05) is 25.7 Å². The number of nitrogens with one attached hydrogen (secondary N) is 1. The topological polar surface area (TPSA) is 72.8 Å². The first-order chi connectivity index (χ1) is 9.72. The van der Waals surface area contributed by atoms with Crippen LogP contribution in [0.25, 0.3) is 0 Å². The maximum absolute atomic E-state index is 12.2. The number of phenolic OH excluding ortho intramolecular Hbond substituents is 2. The van der Waals surface area contributed by atoms with Gasteiger partial charge in [-0.3, -0.25) is 10.1 Å². The second-order valence-corrected chi connectivity index (χ2v) is 6.05. The summed E-state index contributed by atoms with van der Waals surface area (Å²) in [5, 5.41) is 22.7. The monoisotopic (exact) mass is 294 g/mol. The van der Waals surface area contributed by atoms with E-state index in [1.165, 1.54) is 18.2 Å². The minimum Gasteiger partial charge on any atom is -0.508 e. The van der Waals surface area contributed by atoms with E-state index in [9.17, 15) is 15.0 Å². The highest BCUT2D eigenvalue weighted by molar-refractivity contribution is 5.81. The summed E-state index contributed by atoms with van der Waals surface area (Å²) >= 11 is 0. The van der Waals surface area contributed by atoms with Crippen LogP contribution >= 0.6 is 0 Å². The minimum absolute atomic E-state index is 0.00944. The maximum Gasteiger partial charge on any atom is 0.239 e. The second-order valence-electron chi connectivity index (χ2n) is 6.05. The molecule has 1 amide bonds. The number of carbonyl (C=O) groups is 1. The number of benzene rings is 1. The zero-order valence-corrected chi connectivity index (χ0v) is 13.4. The van der Waals surface area contributed by atoms with Crippen LogP contribution in [0.4, 0.5) is 0 Å². The smallest absolute Gasteiger partial charge is 0.239 e. The summed E-state index contributed by atoms with van der Waals surface area (Å²) < 4.78 is 0. The summed E-state index contributed by atoms with van der Waals surface area (Å²) in [4.78, 5) is 13.8. The molecule has 1 aromatic rings. The molecule has 21 heavy (non-hydrogen) atoms. The fourth-order valence-corrected chi connectivity index (χ4v) is 2.30. The van der Waals surface area contributed by atoms with Crippen LogP contribution in [-0.2, 0) is 4.79 Å². The van der Waals surface area contributed by atoms with Gasteiger partial charge in [0.2, 0.25) is 5.91 Å². The summed E-state index contributed by atoms with van der Waals surface area (Å²) in [6.07, 6.45) is 0.709. The van der Waals surface area contributed by atoms with Crippen molar-refractivity contribution in [2.75, 3.05) is 14.1 Å². The predicted octanol–water partition coefficient (Wildman–Crippen LogP) is 2.25. The molecule has 0 saturated carbocycles. The number of amides is 1. The van der Waals surface area contributed by atoms with Crippen LogP contribution < -0.4 is 5.32 Å². The average molecular weight is 294 g/mol. The lowest BCUT2D eigenvalue weighted by Gasteiger charge is -2.27. The molecule has 3 N–H and O–H groups in total. The SMILES string of the molecule is CC(C)CC(NC(C)c1cc(O)ccc1O)C(=O)N(C)C. The van der Waals surface area contributed by atoms with E-state index < -0.39 is 0 Å². The van der Waals surface area contributed by atoms with Crippen molar-refractivity contribution >= 4 is 5.91 Å². The minimum atomic E-state index is -0.322. The summed E-state index contributed by atoms with van der Waals surface area (Å²) in [5.41, 5.74) is 0.579. The van der Waals surface area contributed by atoms with Gasteiger partial charge < -0.3 is 15.1 Å². The fraction of sp³-hybridized carbons (Fsp3) is 0.562. The van der Waals surface area contributed by atoms with Crippen LogP contribution in [0.5, 0.6) is 11.5 Å². The zero-order valence-electron chi connectivity index (χ0n) is 13.4. The Morgan fingerprint density at radius 2 is 1.86 bits per heavy atom. The van der Waals surface area contributed by atoms with Gasteiger partial charge in [0.05, 0.1) is 6.04 Å². The fourth-order valence-electron chi connectivity index (χ4n) is 2.30. The molecule has 118 valence electrons. The molecular formula is C16H26N2O3. The molecule has 5 heteroatoms. The lowest BCUT2D eigenvalue weighted by atomic mass is 10.00. The quantitative estimate of drug-likeness (QED) is 0.704. The third-order valence-electron chi connectivity index (χ3n) is 3.37. The van der Waals surface area contributed by atoms with Crippen molar-refractivity contribution in [1.82, 2.24) is 10.2 Å². The Bertz CT molecular complexity index is 486. The Kier molecular flexibility index (Phi) is 6.03. The van der Waals surface area contributed by atoms with Gasteiger partial charge in [0.15, 0.2) is 0 Å². The number of rotatable bonds is 6. The van der Waals surface area contributed by atoms with Crippen molar-refractivity contribution < 1.29 is 15.0 Å². The normalized spacial score (nSPS) is 14.0. The Hall–Kier alpha value is -1.75. The molecule has 0 radical (unpaired) electrons. The van der Waals surface area contributed by atoms with Gasteiger partial charge in [0.25, 0.3) is 0 Å². The highest BCUT2D eigenvalue weighted by Gasteiger charge is 2.24. The molecule has 1 rings (SSSR count). The highest BCUT2D eigenvalue weighted by atomic mass is 16.3. The van der Waals surface area contributed by atoms with Crippen LogP contribution in [0.3, 0.4) is 0 Å². The first kappa shape index (κ1) is 17.3. The van der Waals surface area contributed by atoms with E-state index in [0.717, 1.165) is 0 Å². The first-order valence-corrected chi connectivity index (χ1v) is 7.21. The summed E-state index contributed by atoms with van der Waals surface area (Å²) in [5.74, 6) is 0.579. The molecule has 0 saturated heterocycles. The van der Waals surface area contributed by atoms with E-state index in [1.54, 1.807) is 19.0 Å². The van der Waals surface area contributed by atoms with Crippen molar-refractivity contribution in [1.29, 1.82) is 0 Å². The van der Waals surface area contributed by atoms with Crippen LogP contribution in [0, 0.1) is 5.92 Å². The summed E-state index contributed by atoms with van der Waals surface area (Å²) in [6, 6.07) is 3.83. The van der Waals surface area contributed by atoms with Gasteiger partial charge in [0.1, 0.15) is 11.5 Å². The van der Waals surface area contributed by atoms with Crippen LogP contribution in [0.2, 0.25) is 0 Å². The lowest BCUT2D eigenvalue weighted by molar-refractivity contribution is -0.131. The van der Waals surface area contributed by atoms with E-state index in [2.05, 4.69) is 19.2 Å². The van der Waals surface area contributed by atoms with Crippen LogP contribution in [0.15, 0.2) is 18.2 Å². The van der Waals surface area contributed by atoms with Crippen LogP contribution in [0.1, 0.15) is 38.8 Å². The molecule has 1 aromatic carbocycles. The zero-order chi connectivity index (χ0) is 16.2. The van der Waals surface area contributed by atoms with Gasteiger partial charge in [-0.1, -0.05) is 13.8 Å². The number of hydrogen-bond donors (Lipinski definition) is 3. The molecule has 0 bridgehead atoms. The van der Waals surface area contributed by atoms with E-state index in [1.807, 2.05) is 6.92 Å². The molecule has 0 fully saturated rings. The molecule has 0 aliphatic heterocycles. The Morgan fingerprint density at radius 3 is 2.38 bits per heavy atom. The van der Waals surface area contributed by atoms with E-state index in [0.29, 0.717) is 17.9 Å². The van der Waals surface area contributed by atoms with E-state index in [4.69, 9.17) is 0 Å². The molecular weight excluding hydrogens is 268 g/mol. The van der Waals surface area contributed by atoms with Crippen molar-refractivity contribution in [3.63, 3.8) is 0 Å². The van der Waals surface area contributed by atoms with Gasteiger partial charge in [-0.25, -0.2) is 0 Å². The maximum atomic E-state index is 12.2. The molecule has 0 aliphatic rings. The number of carbonyl (C=O) groups excluding carboxylic acids is 1. The standard InChI is InChI=1S/C16H26N2O3/c1-10(2)8-14(16(21)18(4)5)17-11(3)13-9-12(19)6-7-15(13)20/h6-7,9-11,14,17,19-20H,8H2,1-5H3. The molecule has 2 unspecified atom stereocenters. The average Bonchev–Trinajstić information content (AvgIpc) is 2.39. The number of phenols is 2. The predicted molar refractivity (Wildman–Crippen MR) is 83.3 cm³/mol. The third-order valence-corrected chi connectivity index (χ3v) is 3.37. The van der Waals surface area contributed by atoms with Crippen molar-refractivity contribution in [2.24, 2.45) is 5.92 Å². The molecule has 0 aliphatic carbocycles. The van der Waals surface area contributed by atoms with Crippen molar-refractivity contribution in [2.45, 2.75) is 39.3 Å². The largest absolute Gasteiger partial charge is 0.508 e. The van der Waals surface area contributed by atoms with Gasteiger partial charge in [-0.2, -0.15) is 0 Å². The molecule has 2 atom stereocenters. The summed E-state index contributed by atoms with van der Waals surface area (Å²) in [6.45, 7) is 5.99. The van der Waals surface area contributed by atoms with Crippen molar-refractivity contribution in [3.8, 4) is 11.5 Å². The van der Waals surface area contributed by atoms with Gasteiger partial charge >= 0.3 is 0 Å². The van der Waals surface area contributed by atoms with Crippen molar-refractivity contribution in [3.05, 3.63) is 23.8 Å². The Balaban J connectivity index is 2.91. The van der Waals surface area contributed by atoms with Gasteiger partial charge in [-0.05, 0) is 37.5 Å². The third kappa shape index (κ3) is 4.93. The second kappa shape index (κ2) is 7.31. The number of likely N-dealkylation sites (N-methyl/N-ethyl adjacent to an activating group) is 1. The first-order valence-electron chi connectivity index (χ1n) is 7.21. The van der Waals surface area contributed by atoms with Crippen LogP contribution in [-0.4, -0.2) is 41.2 Å². The van der Waals surface area contributed by atoms with Gasteiger partial charge in [-0.15, -0.1) is 0 Å². The molecule has 0 heterocycles. The lowest BCUT2D eigenvalue weighted by Crippen LogP contribution is -2.45. The number of aromatic hydroxyl groups is 2. The Morgan fingerprint density at radius 1 is 1.24 bits per heavy atom. The van der Waals surface area contributed by atoms with E-state index >= 15 is 0 Å². The molecule has 0 aromatic heterocycles. The molecule has 0 spiro atoms. The number of hydrogen-bond acceptors (Lipinski definition) is 4. The Labute approximate surface area is 126 Å². The number of nitrogens with zero attached hydrogens (tertiary/aromatic N) is 1. The highest BCUT2D eigenvalue weighted by Crippen LogP contribution is 2.28. The summed E-state index contributed by atoms with van der Waals surface area (Å²) in [7, 11) is 3.46. The van der Waals surface area contributed by atoms with E-state index in [-0.39, 0.29) is 29.5 Å².